The molecule has 0 aliphatic heterocycles. The Hall–Kier alpha value is -1.28. The van der Waals surface area contributed by atoms with Crippen LogP contribution in [0.5, 0.6) is 0 Å². The minimum atomic E-state index is 0.0991. The lowest BCUT2D eigenvalue weighted by Crippen LogP contribution is -2.04. The lowest BCUT2D eigenvalue weighted by molar-refractivity contribution is 0.519. The molecule has 0 saturated heterocycles. The van der Waals surface area contributed by atoms with E-state index >= 15 is 0 Å². The summed E-state index contributed by atoms with van der Waals surface area (Å²) in [5.74, 6) is 0.519. The quantitative estimate of drug-likeness (QED) is 0.623. The zero-order chi connectivity index (χ0) is 11.0. The molecule has 2 atom stereocenters. The van der Waals surface area contributed by atoms with E-state index in [0.717, 1.165) is 12.8 Å². The Morgan fingerprint density at radius 3 is 2.43 bits per heavy atom. The average molecular weight is 190 g/mol. The van der Waals surface area contributed by atoms with Gasteiger partial charge in [-0.15, -0.1) is 0 Å². The third-order valence-electron chi connectivity index (χ3n) is 2.42. The molecule has 0 aromatic rings. The summed E-state index contributed by atoms with van der Waals surface area (Å²) >= 11 is 0. The van der Waals surface area contributed by atoms with E-state index in [4.69, 9.17) is 10.5 Å². The Bertz CT molecular complexity index is 265. The molecule has 2 heteroatoms. The van der Waals surface area contributed by atoms with Crippen LogP contribution in [0.2, 0.25) is 0 Å². The van der Waals surface area contributed by atoms with Crippen molar-refractivity contribution in [3.05, 3.63) is 11.6 Å². The van der Waals surface area contributed by atoms with Crippen molar-refractivity contribution in [1.82, 2.24) is 0 Å². The highest BCUT2D eigenvalue weighted by molar-refractivity contribution is 5.08. The zero-order valence-corrected chi connectivity index (χ0v) is 9.25. The lowest BCUT2D eigenvalue weighted by Gasteiger charge is -2.15. The summed E-state index contributed by atoms with van der Waals surface area (Å²) in [4.78, 5) is 0. The summed E-state index contributed by atoms with van der Waals surface area (Å²) < 4.78 is 0. The second-order valence-electron chi connectivity index (χ2n) is 3.66. The summed E-state index contributed by atoms with van der Waals surface area (Å²) in [5.41, 5.74) is 1.30. The lowest BCUT2D eigenvalue weighted by atomic mass is 9.89. The van der Waals surface area contributed by atoms with Gasteiger partial charge < -0.3 is 0 Å². The molecule has 0 N–H and O–H groups in total. The fourth-order valence-electron chi connectivity index (χ4n) is 1.61. The van der Waals surface area contributed by atoms with Crippen molar-refractivity contribution in [2.24, 2.45) is 11.8 Å². The van der Waals surface area contributed by atoms with Gasteiger partial charge in [0, 0.05) is 5.92 Å². The van der Waals surface area contributed by atoms with Gasteiger partial charge in [-0.2, -0.15) is 10.5 Å². The molecule has 0 radical (unpaired) electrons. The van der Waals surface area contributed by atoms with E-state index in [1.54, 1.807) is 0 Å². The normalized spacial score (nSPS) is 15.4. The molecule has 0 spiro atoms. The van der Waals surface area contributed by atoms with Gasteiger partial charge in [0.2, 0.25) is 0 Å². The predicted octanol–water partition coefficient (Wildman–Crippen LogP) is 3.42. The SMILES string of the molecule is CC/C(=C\CC#N)C(C)CC(C)C#N. The largest absolute Gasteiger partial charge is 0.198 e. The van der Waals surface area contributed by atoms with Crippen molar-refractivity contribution in [2.75, 3.05) is 0 Å². The third kappa shape index (κ3) is 4.67. The number of rotatable bonds is 5. The first-order chi connectivity index (χ1) is 6.65. The van der Waals surface area contributed by atoms with E-state index in [1.165, 1.54) is 5.57 Å². The maximum absolute atomic E-state index is 8.69. The van der Waals surface area contributed by atoms with Gasteiger partial charge in [0.05, 0.1) is 18.6 Å². The standard InChI is InChI=1S/C12H18N2/c1-4-12(6-5-7-13)11(3)8-10(2)9-14/h6,10-11H,4-5,8H2,1-3H3/b12-6+. The Morgan fingerprint density at radius 2 is 2.00 bits per heavy atom. The molecule has 0 aromatic carbocycles. The van der Waals surface area contributed by atoms with Crippen LogP contribution in [0.15, 0.2) is 11.6 Å². The first-order valence-corrected chi connectivity index (χ1v) is 5.11. The van der Waals surface area contributed by atoms with Crippen LogP contribution in [-0.4, -0.2) is 0 Å². The topological polar surface area (TPSA) is 47.6 Å². The molecule has 0 heterocycles. The van der Waals surface area contributed by atoms with Gasteiger partial charge in [0.25, 0.3) is 0 Å². The van der Waals surface area contributed by atoms with E-state index < -0.39 is 0 Å². The van der Waals surface area contributed by atoms with E-state index in [-0.39, 0.29) is 5.92 Å². The zero-order valence-electron chi connectivity index (χ0n) is 9.25. The van der Waals surface area contributed by atoms with E-state index in [9.17, 15) is 0 Å². The first kappa shape index (κ1) is 12.7. The van der Waals surface area contributed by atoms with Gasteiger partial charge in [-0.05, 0) is 25.7 Å². The van der Waals surface area contributed by atoms with Crippen LogP contribution in [0.3, 0.4) is 0 Å². The van der Waals surface area contributed by atoms with Gasteiger partial charge in [0.1, 0.15) is 0 Å². The first-order valence-electron chi connectivity index (χ1n) is 5.11. The molecule has 0 amide bonds. The molecule has 76 valence electrons. The fraction of sp³-hybridized carbons (Fsp3) is 0.667. The minimum Gasteiger partial charge on any atom is -0.198 e. The van der Waals surface area contributed by atoms with Gasteiger partial charge in [0.15, 0.2) is 0 Å². The average Bonchev–Trinajstić information content (AvgIpc) is 2.18. The number of nitriles is 2. The summed E-state index contributed by atoms with van der Waals surface area (Å²) in [6, 6.07) is 4.35. The Balaban J connectivity index is 4.27. The predicted molar refractivity (Wildman–Crippen MR) is 57.2 cm³/mol. The molecule has 2 unspecified atom stereocenters. The molecular weight excluding hydrogens is 172 g/mol. The summed E-state index contributed by atoms with van der Waals surface area (Å²) in [5, 5.41) is 17.2. The van der Waals surface area contributed by atoms with Crippen molar-refractivity contribution in [3.63, 3.8) is 0 Å². The summed E-state index contributed by atoms with van der Waals surface area (Å²) in [6.45, 7) is 6.16. The molecule has 0 aliphatic rings. The maximum Gasteiger partial charge on any atom is 0.0663 e. The molecule has 0 fully saturated rings. The highest BCUT2D eigenvalue weighted by atomic mass is 14.3. The van der Waals surface area contributed by atoms with Crippen molar-refractivity contribution in [2.45, 2.75) is 40.0 Å². The van der Waals surface area contributed by atoms with E-state index in [2.05, 4.69) is 26.0 Å². The van der Waals surface area contributed by atoms with Gasteiger partial charge in [-0.3, -0.25) is 0 Å². The van der Waals surface area contributed by atoms with Crippen LogP contribution >= 0.6 is 0 Å². The molecule has 0 rings (SSSR count). The molecule has 14 heavy (non-hydrogen) atoms. The van der Waals surface area contributed by atoms with E-state index in [1.807, 2.05) is 13.0 Å². The summed E-state index contributed by atoms with van der Waals surface area (Å²) in [6.07, 6.45) is 4.34. The molecular formula is C12H18N2. The molecule has 2 nitrogen and oxygen atoms in total. The van der Waals surface area contributed by atoms with Crippen LogP contribution in [0.4, 0.5) is 0 Å². The molecule has 0 aromatic heterocycles. The Kier molecular flexibility index (Phi) is 6.50. The number of hydrogen-bond donors (Lipinski definition) is 0. The number of hydrogen-bond acceptors (Lipinski definition) is 2. The van der Waals surface area contributed by atoms with Crippen LogP contribution in [-0.2, 0) is 0 Å². The Labute approximate surface area is 86.8 Å². The maximum atomic E-state index is 8.69. The molecule has 0 aliphatic carbocycles. The van der Waals surface area contributed by atoms with Gasteiger partial charge >= 0.3 is 0 Å². The second kappa shape index (κ2) is 7.15. The van der Waals surface area contributed by atoms with Crippen LogP contribution < -0.4 is 0 Å². The highest BCUT2D eigenvalue weighted by Gasteiger charge is 2.10. The molecule has 0 saturated carbocycles. The minimum absolute atomic E-state index is 0.0991. The van der Waals surface area contributed by atoms with Gasteiger partial charge in [-0.1, -0.05) is 25.5 Å². The smallest absolute Gasteiger partial charge is 0.0663 e. The monoisotopic (exact) mass is 190 g/mol. The van der Waals surface area contributed by atoms with Crippen molar-refractivity contribution in [1.29, 1.82) is 10.5 Å². The van der Waals surface area contributed by atoms with Gasteiger partial charge in [-0.25, -0.2) is 0 Å². The van der Waals surface area contributed by atoms with E-state index in [0.29, 0.717) is 12.3 Å². The van der Waals surface area contributed by atoms with Crippen molar-refractivity contribution >= 4 is 0 Å². The Morgan fingerprint density at radius 1 is 1.36 bits per heavy atom. The highest BCUT2D eigenvalue weighted by Crippen LogP contribution is 2.22. The number of nitrogens with zero attached hydrogens (tertiary/aromatic N) is 2. The summed E-state index contributed by atoms with van der Waals surface area (Å²) in [7, 11) is 0. The number of allylic oxidation sites excluding steroid dienone is 2. The van der Waals surface area contributed by atoms with Crippen LogP contribution in [0.1, 0.15) is 40.0 Å². The third-order valence-corrected chi connectivity index (χ3v) is 2.42. The van der Waals surface area contributed by atoms with Crippen LogP contribution in [0, 0.1) is 34.5 Å². The fourth-order valence-corrected chi connectivity index (χ4v) is 1.61. The van der Waals surface area contributed by atoms with Crippen molar-refractivity contribution < 1.29 is 0 Å². The van der Waals surface area contributed by atoms with Crippen molar-refractivity contribution in [3.8, 4) is 12.1 Å². The van der Waals surface area contributed by atoms with Crippen LogP contribution in [0.25, 0.3) is 0 Å². The molecule has 0 bridgehead atoms. The second-order valence-corrected chi connectivity index (χ2v) is 3.66.